The summed E-state index contributed by atoms with van der Waals surface area (Å²) in [6.07, 6.45) is 4.18. The lowest BCUT2D eigenvalue weighted by Gasteiger charge is -2.17. The van der Waals surface area contributed by atoms with Gasteiger partial charge in [0.05, 0.1) is 12.9 Å². The number of carbonyl (C=O) groups excluding carboxylic acids is 1. The van der Waals surface area contributed by atoms with Crippen molar-refractivity contribution in [2.24, 2.45) is 5.92 Å². The van der Waals surface area contributed by atoms with Gasteiger partial charge in [-0.05, 0) is 23.8 Å². The number of hydrogen-bond donors (Lipinski definition) is 2. The maximum atomic E-state index is 12.3. The molecule has 2 N–H and O–H groups in total. The van der Waals surface area contributed by atoms with Crippen LogP contribution in [0.15, 0.2) is 43.0 Å². The Morgan fingerprint density at radius 1 is 1.28 bits per heavy atom. The maximum Gasteiger partial charge on any atom is 0.239 e. The number of fused-ring (bicyclic) bond motifs is 1. The summed E-state index contributed by atoms with van der Waals surface area (Å²) in [5.74, 6) is 1.78. The summed E-state index contributed by atoms with van der Waals surface area (Å²) in [7, 11) is 1.84. The third-order valence-corrected chi connectivity index (χ3v) is 4.66. The van der Waals surface area contributed by atoms with E-state index in [2.05, 4.69) is 49.5 Å². The van der Waals surface area contributed by atoms with E-state index in [0.717, 1.165) is 18.5 Å². The van der Waals surface area contributed by atoms with Crippen molar-refractivity contribution in [3.63, 3.8) is 0 Å². The third kappa shape index (κ3) is 3.31. The minimum atomic E-state index is -0.00695. The number of rotatable bonds is 6. The van der Waals surface area contributed by atoms with Gasteiger partial charge in [0, 0.05) is 13.6 Å². The number of amides is 1. The molecular formula is C18H20N6O. The molecular weight excluding hydrogens is 316 g/mol. The van der Waals surface area contributed by atoms with Crippen LogP contribution in [0.25, 0.3) is 11.2 Å². The summed E-state index contributed by atoms with van der Waals surface area (Å²) in [5, 5.41) is 3.04. The minimum Gasteiger partial charge on any atom is -0.354 e. The number of carbonyl (C=O) groups is 1. The van der Waals surface area contributed by atoms with Crippen molar-refractivity contribution in [2.45, 2.75) is 12.3 Å². The number of likely N-dealkylation sites (N-methyl/N-ethyl adjacent to an activating group) is 1. The molecule has 128 valence electrons. The van der Waals surface area contributed by atoms with Crippen LogP contribution in [0.5, 0.6) is 0 Å². The second kappa shape index (κ2) is 6.51. The first-order valence-corrected chi connectivity index (χ1v) is 8.39. The minimum absolute atomic E-state index is 0.00695. The van der Waals surface area contributed by atoms with Crippen LogP contribution < -0.4 is 10.2 Å². The Hall–Kier alpha value is -2.96. The summed E-state index contributed by atoms with van der Waals surface area (Å²) in [6, 6.07) is 10.5. The number of aromatic amines is 1. The van der Waals surface area contributed by atoms with Gasteiger partial charge in [0.2, 0.25) is 5.91 Å². The Bertz CT molecular complexity index is 877. The number of nitrogens with one attached hydrogen (secondary N) is 2. The fourth-order valence-electron chi connectivity index (χ4n) is 3.21. The fourth-order valence-corrected chi connectivity index (χ4v) is 3.21. The van der Waals surface area contributed by atoms with Gasteiger partial charge in [0.25, 0.3) is 0 Å². The molecule has 0 unspecified atom stereocenters. The van der Waals surface area contributed by atoms with Crippen LogP contribution in [0, 0.1) is 5.92 Å². The second-order valence-corrected chi connectivity index (χ2v) is 6.47. The van der Waals surface area contributed by atoms with Crippen LogP contribution >= 0.6 is 0 Å². The highest BCUT2D eigenvalue weighted by Gasteiger charge is 2.38. The summed E-state index contributed by atoms with van der Waals surface area (Å²) in [6.45, 7) is 0.962. The van der Waals surface area contributed by atoms with E-state index in [1.165, 1.54) is 11.9 Å². The summed E-state index contributed by atoms with van der Waals surface area (Å²) < 4.78 is 0. The second-order valence-electron chi connectivity index (χ2n) is 6.47. The summed E-state index contributed by atoms with van der Waals surface area (Å²) >= 11 is 0. The third-order valence-electron chi connectivity index (χ3n) is 4.66. The van der Waals surface area contributed by atoms with Crippen LogP contribution in [0.1, 0.15) is 17.9 Å². The fraction of sp³-hybridized carbons (Fsp3) is 0.333. The van der Waals surface area contributed by atoms with Gasteiger partial charge >= 0.3 is 0 Å². The van der Waals surface area contributed by atoms with Gasteiger partial charge in [-0.2, -0.15) is 0 Å². The van der Waals surface area contributed by atoms with Gasteiger partial charge in [-0.3, -0.25) is 4.79 Å². The topological polar surface area (TPSA) is 86.8 Å². The monoisotopic (exact) mass is 336 g/mol. The van der Waals surface area contributed by atoms with E-state index in [4.69, 9.17) is 0 Å². The molecule has 1 fully saturated rings. The van der Waals surface area contributed by atoms with Crippen LogP contribution in [0.3, 0.4) is 0 Å². The highest BCUT2D eigenvalue weighted by Crippen LogP contribution is 2.46. The van der Waals surface area contributed by atoms with E-state index in [-0.39, 0.29) is 12.5 Å². The highest BCUT2D eigenvalue weighted by atomic mass is 16.2. The Balaban J connectivity index is 1.30. The molecule has 7 nitrogen and oxygen atoms in total. The average Bonchev–Trinajstić information content (AvgIpc) is 3.26. The summed E-state index contributed by atoms with van der Waals surface area (Å²) in [5.41, 5.74) is 2.70. The van der Waals surface area contributed by atoms with Crippen LogP contribution in [0.4, 0.5) is 5.82 Å². The largest absolute Gasteiger partial charge is 0.354 e. The van der Waals surface area contributed by atoms with E-state index < -0.39 is 0 Å². The lowest BCUT2D eigenvalue weighted by Crippen LogP contribution is -2.36. The predicted octanol–water partition coefficient (Wildman–Crippen LogP) is 1.71. The Kier molecular flexibility index (Phi) is 4.05. The Labute approximate surface area is 145 Å². The molecule has 0 aliphatic heterocycles. The Morgan fingerprint density at radius 2 is 2.12 bits per heavy atom. The predicted molar refractivity (Wildman–Crippen MR) is 95.3 cm³/mol. The van der Waals surface area contributed by atoms with Crippen molar-refractivity contribution in [1.29, 1.82) is 0 Å². The molecule has 1 saturated carbocycles. The van der Waals surface area contributed by atoms with Crippen LogP contribution in [-0.2, 0) is 4.79 Å². The molecule has 1 aromatic carbocycles. The van der Waals surface area contributed by atoms with Gasteiger partial charge < -0.3 is 15.2 Å². The smallest absolute Gasteiger partial charge is 0.239 e. The molecule has 2 aromatic heterocycles. The van der Waals surface area contributed by atoms with Crippen LogP contribution in [0.2, 0.25) is 0 Å². The molecule has 2 atom stereocenters. The molecule has 0 spiro atoms. The van der Waals surface area contributed by atoms with Crippen molar-refractivity contribution >= 4 is 22.9 Å². The maximum absolute atomic E-state index is 12.3. The lowest BCUT2D eigenvalue weighted by molar-refractivity contribution is -0.119. The number of anilines is 1. The van der Waals surface area contributed by atoms with Crippen LogP contribution in [-0.4, -0.2) is 46.0 Å². The number of H-pyrrole nitrogens is 1. The van der Waals surface area contributed by atoms with Gasteiger partial charge in [0.1, 0.15) is 11.8 Å². The van der Waals surface area contributed by atoms with E-state index in [1.54, 1.807) is 11.2 Å². The molecule has 7 heteroatoms. The van der Waals surface area contributed by atoms with Gasteiger partial charge in [-0.25, -0.2) is 15.0 Å². The molecule has 1 aliphatic rings. The van der Waals surface area contributed by atoms with E-state index in [0.29, 0.717) is 23.3 Å². The zero-order valence-electron chi connectivity index (χ0n) is 14.0. The molecule has 3 aromatic rings. The molecule has 25 heavy (non-hydrogen) atoms. The number of nitrogens with zero attached hydrogens (tertiary/aromatic N) is 4. The first-order valence-electron chi connectivity index (χ1n) is 8.39. The molecule has 0 saturated heterocycles. The quantitative estimate of drug-likeness (QED) is 0.715. The zero-order chi connectivity index (χ0) is 17.2. The van der Waals surface area contributed by atoms with Gasteiger partial charge in [-0.15, -0.1) is 0 Å². The number of aromatic nitrogens is 4. The van der Waals surface area contributed by atoms with E-state index in [1.807, 2.05) is 13.1 Å². The molecule has 2 heterocycles. The van der Waals surface area contributed by atoms with Crippen molar-refractivity contribution < 1.29 is 4.79 Å². The SMILES string of the molecule is CN(CC(=O)NC[C@@H]1C[C@@H]1c1ccccc1)c1ncnc2nc[nH]c12. The number of benzene rings is 1. The van der Waals surface area contributed by atoms with Crippen molar-refractivity contribution in [3.05, 3.63) is 48.5 Å². The number of imidazole rings is 1. The van der Waals surface area contributed by atoms with Gasteiger partial charge in [-0.1, -0.05) is 30.3 Å². The lowest BCUT2D eigenvalue weighted by atomic mass is 10.1. The molecule has 1 aliphatic carbocycles. The average molecular weight is 336 g/mol. The first kappa shape index (κ1) is 15.6. The van der Waals surface area contributed by atoms with E-state index >= 15 is 0 Å². The molecule has 0 bridgehead atoms. The molecule has 1 amide bonds. The Morgan fingerprint density at radius 3 is 2.96 bits per heavy atom. The van der Waals surface area contributed by atoms with Gasteiger partial charge in [0.15, 0.2) is 11.5 Å². The first-order chi connectivity index (χ1) is 12.2. The molecule has 4 rings (SSSR count). The number of hydrogen-bond acceptors (Lipinski definition) is 5. The van der Waals surface area contributed by atoms with Crippen molar-refractivity contribution in [2.75, 3.05) is 25.0 Å². The molecule has 0 radical (unpaired) electrons. The highest BCUT2D eigenvalue weighted by molar-refractivity contribution is 5.86. The van der Waals surface area contributed by atoms with Crippen molar-refractivity contribution in [3.8, 4) is 0 Å². The van der Waals surface area contributed by atoms with E-state index in [9.17, 15) is 4.79 Å². The van der Waals surface area contributed by atoms with Crippen molar-refractivity contribution in [1.82, 2.24) is 25.3 Å². The summed E-state index contributed by atoms with van der Waals surface area (Å²) in [4.78, 5) is 29.5. The standard InChI is InChI=1S/C18H20N6O/c1-24(18-16-17(21-10-20-16)22-11-23-18)9-15(25)19-8-13-7-14(13)12-5-3-2-4-6-12/h2-6,10-11,13-14H,7-9H2,1H3,(H,19,25)(H,20,21,22,23)/t13-,14+/m0/s1. The normalized spacial score (nSPS) is 18.9. The zero-order valence-corrected chi connectivity index (χ0v) is 14.0.